The maximum atomic E-state index is 12.3. The molecule has 0 fully saturated rings. The van der Waals surface area contributed by atoms with Crippen molar-refractivity contribution in [1.29, 1.82) is 0 Å². The number of hydrogen-bond acceptors (Lipinski definition) is 3. The highest BCUT2D eigenvalue weighted by molar-refractivity contribution is 5.77. The minimum absolute atomic E-state index is 0.108. The molecule has 4 nitrogen and oxygen atoms in total. The van der Waals surface area contributed by atoms with E-state index in [9.17, 15) is 9.59 Å². The topological polar surface area (TPSA) is 46.6 Å². The van der Waals surface area contributed by atoms with E-state index in [4.69, 9.17) is 0 Å². The molecule has 0 aliphatic carbocycles. The molecule has 0 aliphatic heterocycles. The van der Waals surface area contributed by atoms with Crippen molar-refractivity contribution in [2.75, 3.05) is 13.7 Å². The zero-order valence-electron chi connectivity index (χ0n) is 13.0. The monoisotopic (exact) mass is 291 g/mol. The first-order valence-corrected chi connectivity index (χ1v) is 7.56. The second-order valence-corrected chi connectivity index (χ2v) is 5.08. The van der Waals surface area contributed by atoms with Crippen molar-refractivity contribution in [2.45, 2.75) is 45.6 Å². The van der Waals surface area contributed by atoms with Gasteiger partial charge in [-0.3, -0.25) is 9.59 Å². The fourth-order valence-corrected chi connectivity index (χ4v) is 2.11. The van der Waals surface area contributed by atoms with Crippen LogP contribution in [-0.4, -0.2) is 30.4 Å². The highest BCUT2D eigenvalue weighted by Crippen LogP contribution is 2.10. The largest absolute Gasteiger partial charge is 0.469 e. The summed E-state index contributed by atoms with van der Waals surface area (Å²) in [5.41, 5.74) is 1.08. The number of methoxy groups -OCH3 is 1. The average molecular weight is 291 g/mol. The van der Waals surface area contributed by atoms with E-state index >= 15 is 0 Å². The summed E-state index contributed by atoms with van der Waals surface area (Å²) >= 11 is 0. The van der Waals surface area contributed by atoms with E-state index in [0.29, 0.717) is 19.5 Å². The molecule has 0 aromatic heterocycles. The maximum Gasteiger partial charge on any atom is 0.307 e. The van der Waals surface area contributed by atoms with E-state index in [-0.39, 0.29) is 18.3 Å². The summed E-state index contributed by atoms with van der Waals surface area (Å²) in [5, 5.41) is 0. The van der Waals surface area contributed by atoms with Crippen LogP contribution in [0.25, 0.3) is 0 Å². The van der Waals surface area contributed by atoms with Crippen molar-refractivity contribution in [2.24, 2.45) is 0 Å². The zero-order valence-corrected chi connectivity index (χ0v) is 13.0. The Morgan fingerprint density at radius 2 is 1.81 bits per heavy atom. The molecule has 1 amide bonds. The smallest absolute Gasteiger partial charge is 0.307 e. The van der Waals surface area contributed by atoms with Gasteiger partial charge in [-0.2, -0.15) is 0 Å². The van der Waals surface area contributed by atoms with Gasteiger partial charge in [0.1, 0.15) is 0 Å². The SMILES string of the molecule is CCCCCC(=O)N(CCC(=O)OC)Cc1ccccc1. The van der Waals surface area contributed by atoms with Gasteiger partial charge in [0.25, 0.3) is 0 Å². The molecule has 0 saturated carbocycles. The second-order valence-electron chi connectivity index (χ2n) is 5.08. The van der Waals surface area contributed by atoms with Crippen molar-refractivity contribution < 1.29 is 14.3 Å². The Balaban J connectivity index is 2.60. The standard InChI is InChI=1S/C17H25NO3/c1-3-4-6-11-16(19)18(13-12-17(20)21-2)14-15-9-7-5-8-10-15/h5,7-10H,3-4,6,11-14H2,1-2H3. The van der Waals surface area contributed by atoms with Crippen LogP contribution in [0, 0.1) is 0 Å². The highest BCUT2D eigenvalue weighted by atomic mass is 16.5. The van der Waals surface area contributed by atoms with Crippen LogP contribution < -0.4 is 0 Å². The first-order valence-electron chi connectivity index (χ1n) is 7.56. The first-order chi connectivity index (χ1) is 10.2. The van der Waals surface area contributed by atoms with Crippen molar-refractivity contribution in [1.82, 2.24) is 4.90 Å². The Labute approximate surface area is 127 Å². The van der Waals surface area contributed by atoms with Crippen molar-refractivity contribution in [3.05, 3.63) is 35.9 Å². The van der Waals surface area contributed by atoms with Crippen LogP contribution in [-0.2, 0) is 20.9 Å². The molecule has 0 unspecified atom stereocenters. The van der Waals surface area contributed by atoms with E-state index in [1.165, 1.54) is 7.11 Å². The lowest BCUT2D eigenvalue weighted by molar-refractivity contribution is -0.142. The summed E-state index contributed by atoms with van der Waals surface area (Å²) in [7, 11) is 1.37. The molecule has 0 bridgehead atoms. The number of benzene rings is 1. The Kier molecular flexibility index (Phi) is 8.17. The summed E-state index contributed by atoms with van der Waals surface area (Å²) < 4.78 is 4.65. The summed E-state index contributed by atoms with van der Waals surface area (Å²) in [4.78, 5) is 25.3. The van der Waals surface area contributed by atoms with Crippen molar-refractivity contribution in [3.8, 4) is 0 Å². The Hall–Kier alpha value is -1.84. The van der Waals surface area contributed by atoms with Crippen LogP contribution in [0.4, 0.5) is 0 Å². The molecular weight excluding hydrogens is 266 g/mol. The molecule has 0 spiro atoms. The van der Waals surface area contributed by atoms with Crippen LogP contribution >= 0.6 is 0 Å². The fraction of sp³-hybridized carbons (Fsp3) is 0.529. The van der Waals surface area contributed by atoms with Gasteiger partial charge in [0.05, 0.1) is 13.5 Å². The number of carbonyl (C=O) groups excluding carboxylic acids is 2. The molecule has 21 heavy (non-hydrogen) atoms. The van der Waals surface area contributed by atoms with Crippen LogP contribution in [0.15, 0.2) is 30.3 Å². The minimum Gasteiger partial charge on any atom is -0.469 e. The van der Waals surface area contributed by atoms with Crippen LogP contribution in [0.5, 0.6) is 0 Å². The van der Waals surface area contributed by atoms with Gasteiger partial charge in [-0.05, 0) is 12.0 Å². The zero-order chi connectivity index (χ0) is 15.5. The van der Waals surface area contributed by atoms with Gasteiger partial charge in [-0.25, -0.2) is 0 Å². The quantitative estimate of drug-likeness (QED) is 0.518. The molecule has 0 radical (unpaired) electrons. The number of hydrogen-bond donors (Lipinski definition) is 0. The number of carbonyl (C=O) groups is 2. The van der Waals surface area contributed by atoms with Crippen molar-refractivity contribution >= 4 is 11.9 Å². The van der Waals surface area contributed by atoms with Crippen LogP contribution in [0.1, 0.15) is 44.6 Å². The van der Waals surface area contributed by atoms with E-state index in [1.54, 1.807) is 4.90 Å². The third kappa shape index (κ3) is 6.93. The molecule has 4 heteroatoms. The Morgan fingerprint density at radius 1 is 1.10 bits per heavy atom. The van der Waals surface area contributed by atoms with E-state index in [2.05, 4.69) is 11.7 Å². The van der Waals surface area contributed by atoms with Gasteiger partial charge in [-0.1, -0.05) is 50.1 Å². The number of ether oxygens (including phenoxy) is 1. The minimum atomic E-state index is -0.283. The van der Waals surface area contributed by atoms with Gasteiger partial charge in [0.2, 0.25) is 5.91 Å². The lowest BCUT2D eigenvalue weighted by Crippen LogP contribution is -2.32. The Bertz CT molecular complexity index is 431. The molecule has 116 valence electrons. The molecule has 0 saturated heterocycles. The van der Waals surface area contributed by atoms with E-state index in [1.807, 2.05) is 30.3 Å². The maximum absolute atomic E-state index is 12.3. The number of amides is 1. The summed E-state index contributed by atoms with van der Waals surface area (Å²) in [6.45, 7) is 3.07. The molecule has 0 N–H and O–H groups in total. The lowest BCUT2D eigenvalue weighted by Gasteiger charge is -2.22. The van der Waals surface area contributed by atoms with E-state index < -0.39 is 0 Å². The summed E-state index contributed by atoms with van der Waals surface area (Å²) in [6.07, 6.45) is 3.83. The molecule has 1 rings (SSSR count). The highest BCUT2D eigenvalue weighted by Gasteiger charge is 2.15. The third-order valence-electron chi connectivity index (χ3n) is 3.38. The van der Waals surface area contributed by atoms with Gasteiger partial charge in [-0.15, -0.1) is 0 Å². The van der Waals surface area contributed by atoms with Gasteiger partial charge in [0, 0.05) is 19.5 Å². The van der Waals surface area contributed by atoms with Gasteiger partial charge in [0.15, 0.2) is 0 Å². The molecule has 0 aliphatic rings. The normalized spacial score (nSPS) is 10.2. The van der Waals surface area contributed by atoms with Crippen LogP contribution in [0.3, 0.4) is 0 Å². The Morgan fingerprint density at radius 3 is 2.43 bits per heavy atom. The molecule has 0 heterocycles. The van der Waals surface area contributed by atoms with Gasteiger partial charge < -0.3 is 9.64 Å². The van der Waals surface area contributed by atoms with Crippen LogP contribution in [0.2, 0.25) is 0 Å². The first kappa shape index (κ1) is 17.2. The summed E-state index contributed by atoms with van der Waals surface area (Å²) in [5.74, 6) is -0.175. The van der Waals surface area contributed by atoms with Gasteiger partial charge >= 0.3 is 5.97 Å². The fourth-order valence-electron chi connectivity index (χ4n) is 2.11. The molecule has 1 aromatic carbocycles. The number of nitrogens with zero attached hydrogens (tertiary/aromatic N) is 1. The molecular formula is C17H25NO3. The number of esters is 1. The number of unbranched alkanes of at least 4 members (excludes halogenated alkanes) is 2. The molecule has 0 atom stereocenters. The molecule has 1 aromatic rings. The summed E-state index contributed by atoms with van der Waals surface area (Å²) in [6, 6.07) is 9.84. The predicted molar refractivity (Wildman–Crippen MR) is 82.6 cm³/mol. The number of rotatable bonds is 9. The third-order valence-corrected chi connectivity index (χ3v) is 3.38. The van der Waals surface area contributed by atoms with E-state index in [0.717, 1.165) is 24.8 Å². The second kappa shape index (κ2) is 9.97. The predicted octanol–water partition coefficient (Wildman–Crippen LogP) is 3.16. The average Bonchev–Trinajstić information content (AvgIpc) is 2.52. The lowest BCUT2D eigenvalue weighted by atomic mass is 10.1. The van der Waals surface area contributed by atoms with Crippen molar-refractivity contribution in [3.63, 3.8) is 0 Å².